The summed E-state index contributed by atoms with van der Waals surface area (Å²) in [4.78, 5) is 23.7. The van der Waals surface area contributed by atoms with Crippen molar-refractivity contribution in [2.24, 2.45) is 0 Å². The second-order valence-electron chi connectivity index (χ2n) is 8.34. The fourth-order valence-corrected chi connectivity index (χ4v) is 4.46. The molecule has 1 aliphatic heterocycles. The first-order chi connectivity index (χ1) is 15.7. The molecule has 5 aromatic rings. The maximum absolute atomic E-state index is 13.7. The van der Waals surface area contributed by atoms with Gasteiger partial charge in [-0.25, -0.2) is 14.4 Å². The molecule has 0 saturated carbocycles. The Morgan fingerprint density at radius 2 is 1.91 bits per heavy atom. The van der Waals surface area contributed by atoms with Crippen LogP contribution < -0.4 is 0 Å². The van der Waals surface area contributed by atoms with Crippen LogP contribution in [0.1, 0.15) is 24.5 Å². The summed E-state index contributed by atoms with van der Waals surface area (Å²) >= 11 is 0. The third kappa shape index (κ3) is 3.21. The molecule has 0 radical (unpaired) electrons. The first kappa shape index (κ1) is 19.0. The van der Waals surface area contributed by atoms with Crippen LogP contribution in [0.4, 0.5) is 4.39 Å². The van der Waals surface area contributed by atoms with Gasteiger partial charge in [0.2, 0.25) is 0 Å². The highest BCUT2D eigenvalue weighted by Crippen LogP contribution is 2.33. The minimum atomic E-state index is -0.388. The largest absolute Gasteiger partial charge is 0.336 e. The van der Waals surface area contributed by atoms with Crippen molar-refractivity contribution in [2.75, 3.05) is 20.1 Å². The maximum atomic E-state index is 13.7. The normalized spacial score (nSPS) is 15.7. The zero-order chi connectivity index (χ0) is 21.7. The predicted molar refractivity (Wildman–Crippen MR) is 119 cm³/mol. The molecule has 0 unspecified atom stereocenters. The standard InChI is InChI=1S/C23H21FN8/c1-32-6-3-13(4-7-32)19-21-18(2-5-26-19)28-23(29-21)20-17-9-15(11-27-22(17)31-30-20)14-8-16(24)12-25-10-14/h2,5,8-13H,3-4,6-7H2,1H3,(H,28,29)(H,27,30,31). The van der Waals surface area contributed by atoms with E-state index in [9.17, 15) is 4.39 Å². The van der Waals surface area contributed by atoms with Gasteiger partial charge in [0.15, 0.2) is 11.5 Å². The van der Waals surface area contributed by atoms with E-state index >= 15 is 0 Å². The minimum absolute atomic E-state index is 0.388. The van der Waals surface area contributed by atoms with Crippen LogP contribution in [0.3, 0.4) is 0 Å². The molecule has 1 fully saturated rings. The van der Waals surface area contributed by atoms with Gasteiger partial charge >= 0.3 is 0 Å². The van der Waals surface area contributed by atoms with Gasteiger partial charge in [0.25, 0.3) is 0 Å². The molecule has 8 nitrogen and oxygen atoms in total. The van der Waals surface area contributed by atoms with Gasteiger partial charge in [-0.15, -0.1) is 0 Å². The number of aromatic amines is 2. The van der Waals surface area contributed by atoms with E-state index in [1.807, 2.05) is 18.3 Å². The zero-order valence-corrected chi connectivity index (χ0v) is 17.5. The maximum Gasteiger partial charge on any atom is 0.159 e. The Kier molecular flexibility index (Phi) is 4.43. The van der Waals surface area contributed by atoms with E-state index in [0.29, 0.717) is 28.6 Å². The van der Waals surface area contributed by atoms with Crippen molar-refractivity contribution in [3.8, 4) is 22.6 Å². The van der Waals surface area contributed by atoms with Crippen molar-refractivity contribution in [2.45, 2.75) is 18.8 Å². The number of fused-ring (bicyclic) bond motifs is 2. The molecule has 0 spiro atoms. The Balaban J connectivity index is 1.44. The van der Waals surface area contributed by atoms with Crippen molar-refractivity contribution >= 4 is 22.1 Å². The Morgan fingerprint density at radius 3 is 2.75 bits per heavy atom. The molecule has 1 aliphatic rings. The molecule has 2 N–H and O–H groups in total. The van der Waals surface area contributed by atoms with Crippen LogP contribution in [-0.2, 0) is 0 Å². The summed E-state index contributed by atoms with van der Waals surface area (Å²) in [5.41, 5.74) is 5.61. The van der Waals surface area contributed by atoms with Gasteiger partial charge in [-0.3, -0.25) is 15.1 Å². The number of likely N-dealkylation sites (tertiary alicyclic amines) is 1. The molecular formula is C23H21FN8. The summed E-state index contributed by atoms with van der Waals surface area (Å²) in [5.74, 6) is 0.668. The number of nitrogens with one attached hydrogen (secondary N) is 2. The number of hydrogen-bond acceptors (Lipinski definition) is 6. The van der Waals surface area contributed by atoms with Crippen molar-refractivity contribution in [3.63, 3.8) is 0 Å². The summed E-state index contributed by atoms with van der Waals surface area (Å²) < 4.78 is 13.7. The number of H-pyrrole nitrogens is 2. The highest BCUT2D eigenvalue weighted by Gasteiger charge is 2.24. The lowest BCUT2D eigenvalue weighted by atomic mass is 9.92. The zero-order valence-electron chi connectivity index (χ0n) is 17.5. The van der Waals surface area contributed by atoms with Crippen molar-refractivity contribution in [1.82, 2.24) is 40.0 Å². The van der Waals surface area contributed by atoms with Crippen LogP contribution in [0.5, 0.6) is 0 Å². The number of pyridine rings is 3. The molecule has 5 aromatic heterocycles. The van der Waals surface area contributed by atoms with Gasteiger partial charge in [0.1, 0.15) is 17.0 Å². The van der Waals surface area contributed by atoms with E-state index in [1.165, 1.54) is 12.3 Å². The van der Waals surface area contributed by atoms with Crippen LogP contribution in [-0.4, -0.2) is 60.2 Å². The molecule has 0 aliphatic carbocycles. The quantitative estimate of drug-likeness (QED) is 0.452. The molecule has 6 rings (SSSR count). The van der Waals surface area contributed by atoms with Crippen LogP contribution in [0.15, 0.2) is 43.0 Å². The summed E-state index contributed by atoms with van der Waals surface area (Å²) in [6.07, 6.45) is 8.48. The van der Waals surface area contributed by atoms with Crippen molar-refractivity contribution < 1.29 is 4.39 Å². The molecule has 1 saturated heterocycles. The summed E-state index contributed by atoms with van der Waals surface area (Å²) in [5, 5.41) is 8.24. The lowest BCUT2D eigenvalue weighted by molar-refractivity contribution is 0.254. The van der Waals surface area contributed by atoms with Crippen LogP contribution in [0, 0.1) is 5.82 Å². The van der Waals surface area contributed by atoms with Gasteiger partial charge in [0, 0.05) is 35.6 Å². The Morgan fingerprint density at radius 1 is 1.06 bits per heavy atom. The second kappa shape index (κ2) is 7.45. The Bertz CT molecular complexity index is 1430. The van der Waals surface area contributed by atoms with E-state index in [0.717, 1.165) is 53.6 Å². The van der Waals surface area contributed by atoms with E-state index in [1.54, 1.807) is 12.4 Å². The van der Waals surface area contributed by atoms with Crippen LogP contribution in [0.25, 0.3) is 44.7 Å². The highest BCUT2D eigenvalue weighted by molar-refractivity contribution is 5.93. The molecule has 0 atom stereocenters. The second-order valence-corrected chi connectivity index (χ2v) is 8.34. The Labute approximate surface area is 183 Å². The molecule has 0 aromatic carbocycles. The number of piperidine rings is 1. The number of nitrogens with zero attached hydrogens (tertiary/aromatic N) is 6. The van der Waals surface area contributed by atoms with E-state index in [2.05, 4.69) is 37.1 Å². The molecule has 0 amide bonds. The molecule has 6 heterocycles. The fraction of sp³-hybridized carbons (Fsp3) is 0.261. The van der Waals surface area contributed by atoms with E-state index < -0.39 is 0 Å². The van der Waals surface area contributed by atoms with Crippen LogP contribution in [0.2, 0.25) is 0 Å². The summed E-state index contributed by atoms with van der Waals surface area (Å²) in [6.45, 7) is 2.13. The summed E-state index contributed by atoms with van der Waals surface area (Å²) in [7, 11) is 2.15. The first-order valence-electron chi connectivity index (χ1n) is 10.6. The van der Waals surface area contributed by atoms with E-state index in [4.69, 9.17) is 9.97 Å². The number of imidazole rings is 1. The SMILES string of the molecule is CN1CCC(c2nccc3[nH]c(-c4n[nH]c5ncc(-c6cncc(F)c6)cc45)nc23)CC1. The first-order valence-corrected chi connectivity index (χ1v) is 10.6. The number of halogens is 1. The van der Waals surface area contributed by atoms with Gasteiger partial charge in [0.05, 0.1) is 22.8 Å². The molecule has 0 bridgehead atoms. The lowest BCUT2D eigenvalue weighted by Gasteiger charge is -2.28. The number of aromatic nitrogens is 7. The molecule has 9 heteroatoms. The topological polar surface area (TPSA) is 99.3 Å². The Hall–Kier alpha value is -3.72. The number of rotatable bonds is 3. The average Bonchev–Trinajstić information content (AvgIpc) is 3.43. The lowest BCUT2D eigenvalue weighted by Crippen LogP contribution is -2.29. The van der Waals surface area contributed by atoms with Crippen LogP contribution >= 0.6 is 0 Å². The van der Waals surface area contributed by atoms with E-state index in [-0.39, 0.29) is 5.82 Å². The number of hydrogen-bond donors (Lipinski definition) is 2. The smallest absolute Gasteiger partial charge is 0.159 e. The third-order valence-corrected chi connectivity index (χ3v) is 6.21. The molecular weight excluding hydrogens is 407 g/mol. The van der Waals surface area contributed by atoms with Gasteiger partial charge in [-0.1, -0.05) is 0 Å². The van der Waals surface area contributed by atoms with Gasteiger partial charge in [-0.05, 0) is 51.2 Å². The van der Waals surface area contributed by atoms with Crippen molar-refractivity contribution in [1.29, 1.82) is 0 Å². The van der Waals surface area contributed by atoms with Crippen molar-refractivity contribution in [3.05, 3.63) is 54.5 Å². The minimum Gasteiger partial charge on any atom is -0.336 e. The molecule has 32 heavy (non-hydrogen) atoms. The highest BCUT2D eigenvalue weighted by atomic mass is 19.1. The predicted octanol–water partition coefficient (Wildman–Crippen LogP) is 3.91. The molecule has 160 valence electrons. The van der Waals surface area contributed by atoms with Gasteiger partial charge < -0.3 is 9.88 Å². The third-order valence-electron chi connectivity index (χ3n) is 6.21. The monoisotopic (exact) mass is 428 g/mol. The fourth-order valence-electron chi connectivity index (χ4n) is 4.46. The summed E-state index contributed by atoms with van der Waals surface area (Å²) in [6, 6.07) is 5.32. The average molecular weight is 428 g/mol. The van der Waals surface area contributed by atoms with Gasteiger partial charge in [-0.2, -0.15) is 5.10 Å².